The highest BCUT2D eigenvalue weighted by molar-refractivity contribution is 5.85. The van der Waals surface area contributed by atoms with Gasteiger partial charge in [-0.05, 0) is 50.1 Å². The number of aromatic nitrogens is 3. The maximum atomic E-state index is 4.42. The van der Waals surface area contributed by atoms with Crippen molar-refractivity contribution in [3.8, 4) is 0 Å². The van der Waals surface area contributed by atoms with Crippen LogP contribution in [0.2, 0.25) is 0 Å². The average Bonchev–Trinajstić information content (AvgIpc) is 2.81. The number of H-pyrrole nitrogens is 1. The summed E-state index contributed by atoms with van der Waals surface area (Å²) in [5, 5.41) is 7.74. The zero-order valence-electron chi connectivity index (χ0n) is 13.2. The van der Waals surface area contributed by atoms with Gasteiger partial charge in [-0.2, -0.15) is 4.98 Å². The van der Waals surface area contributed by atoms with Crippen molar-refractivity contribution in [3.63, 3.8) is 0 Å². The highest BCUT2D eigenvalue weighted by Crippen LogP contribution is 2.22. The van der Waals surface area contributed by atoms with Gasteiger partial charge in [-0.15, -0.1) is 0 Å². The van der Waals surface area contributed by atoms with Gasteiger partial charge in [0.2, 0.25) is 5.95 Å². The second-order valence-electron chi connectivity index (χ2n) is 5.40. The van der Waals surface area contributed by atoms with Crippen molar-refractivity contribution in [1.29, 1.82) is 0 Å². The summed E-state index contributed by atoms with van der Waals surface area (Å²) in [7, 11) is 0. The van der Waals surface area contributed by atoms with E-state index >= 15 is 0 Å². The van der Waals surface area contributed by atoms with E-state index in [4.69, 9.17) is 0 Å². The summed E-state index contributed by atoms with van der Waals surface area (Å²) in [5.41, 5.74) is 4.93. The van der Waals surface area contributed by atoms with E-state index in [0.717, 1.165) is 12.4 Å². The third-order valence-corrected chi connectivity index (χ3v) is 3.84. The van der Waals surface area contributed by atoms with E-state index in [1.165, 1.54) is 27.7 Å². The molecule has 0 amide bonds. The molecule has 0 fully saturated rings. The van der Waals surface area contributed by atoms with Crippen molar-refractivity contribution in [3.05, 3.63) is 47.3 Å². The Morgan fingerprint density at radius 2 is 2.00 bits per heavy atom. The van der Waals surface area contributed by atoms with E-state index in [1.807, 2.05) is 13.0 Å². The lowest BCUT2D eigenvalue weighted by molar-refractivity contribution is 1.04. The smallest absolute Gasteiger partial charge is 0.224 e. The molecule has 2 heterocycles. The van der Waals surface area contributed by atoms with E-state index in [-0.39, 0.29) is 0 Å². The van der Waals surface area contributed by atoms with Crippen molar-refractivity contribution >= 4 is 22.7 Å². The lowest BCUT2D eigenvalue weighted by Gasteiger charge is -2.07. The molecule has 0 unspecified atom stereocenters. The van der Waals surface area contributed by atoms with Crippen LogP contribution in [0.5, 0.6) is 0 Å². The third kappa shape index (κ3) is 2.88. The van der Waals surface area contributed by atoms with Crippen LogP contribution in [0.3, 0.4) is 0 Å². The number of nitrogens with one attached hydrogen (secondary N) is 3. The van der Waals surface area contributed by atoms with Crippen molar-refractivity contribution in [2.75, 3.05) is 17.2 Å². The molecule has 22 heavy (non-hydrogen) atoms. The van der Waals surface area contributed by atoms with E-state index in [0.29, 0.717) is 12.5 Å². The number of anilines is 2. The molecule has 0 atom stereocenters. The lowest BCUT2D eigenvalue weighted by Crippen LogP contribution is -2.06. The molecule has 5 nitrogen and oxygen atoms in total. The normalized spacial score (nSPS) is 10.9. The molecule has 0 spiro atoms. The predicted octanol–water partition coefficient (Wildman–Crippen LogP) is 3.62. The topological polar surface area (TPSA) is 65.6 Å². The maximum Gasteiger partial charge on any atom is 0.224 e. The molecule has 0 radical (unpaired) electrons. The van der Waals surface area contributed by atoms with Gasteiger partial charge in [-0.3, -0.25) is 0 Å². The van der Waals surface area contributed by atoms with E-state index in [2.05, 4.69) is 57.6 Å². The minimum atomic E-state index is 0.639. The van der Waals surface area contributed by atoms with Crippen LogP contribution in [0.4, 0.5) is 11.8 Å². The van der Waals surface area contributed by atoms with Crippen LogP contribution in [0.15, 0.2) is 30.5 Å². The van der Waals surface area contributed by atoms with Gasteiger partial charge in [0.1, 0.15) is 5.82 Å². The van der Waals surface area contributed by atoms with Crippen molar-refractivity contribution in [2.45, 2.75) is 27.3 Å². The van der Waals surface area contributed by atoms with Crippen LogP contribution < -0.4 is 10.6 Å². The number of aromatic amines is 1. The van der Waals surface area contributed by atoms with Crippen LogP contribution in [0.25, 0.3) is 10.9 Å². The Bertz CT molecular complexity index is 791. The SMILES string of the molecule is CCNc1ccnc(NCc2ccc3[nH]c(C)c(C)c3c2)n1. The lowest BCUT2D eigenvalue weighted by atomic mass is 10.1. The maximum absolute atomic E-state index is 4.42. The Hall–Kier alpha value is -2.56. The largest absolute Gasteiger partial charge is 0.370 e. The summed E-state index contributed by atoms with van der Waals surface area (Å²) < 4.78 is 0. The molecule has 0 bridgehead atoms. The summed E-state index contributed by atoms with van der Waals surface area (Å²) in [6.45, 7) is 7.85. The van der Waals surface area contributed by atoms with Crippen molar-refractivity contribution < 1.29 is 0 Å². The van der Waals surface area contributed by atoms with Crippen LogP contribution in [-0.2, 0) is 6.54 Å². The first-order chi connectivity index (χ1) is 10.7. The summed E-state index contributed by atoms with van der Waals surface area (Å²) in [6, 6.07) is 8.34. The van der Waals surface area contributed by atoms with Gasteiger partial charge in [0.05, 0.1) is 0 Å². The molecule has 0 saturated heterocycles. The Kier molecular flexibility index (Phi) is 3.96. The van der Waals surface area contributed by atoms with Crippen LogP contribution in [-0.4, -0.2) is 21.5 Å². The zero-order chi connectivity index (χ0) is 15.5. The molecule has 0 aliphatic rings. The van der Waals surface area contributed by atoms with Crippen LogP contribution >= 0.6 is 0 Å². The standard InChI is InChI=1S/C17H21N5/c1-4-18-16-7-8-19-17(22-16)20-10-13-5-6-15-14(9-13)11(2)12(3)21-15/h5-9,21H,4,10H2,1-3H3,(H2,18,19,20,22). The van der Waals surface area contributed by atoms with Gasteiger partial charge in [0.25, 0.3) is 0 Å². The Morgan fingerprint density at radius 3 is 2.82 bits per heavy atom. The number of aryl methyl sites for hydroxylation is 2. The summed E-state index contributed by atoms with van der Waals surface area (Å²) in [4.78, 5) is 12.1. The fourth-order valence-corrected chi connectivity index (χ4v) is 2.52. The summed E-state index contributed by atoms with van der Waals surface area (Å²) in [6.07, 6.45) is 1.76. The van der Waals surface area contributed by atoms with E-state index < -0.39 is 0 Å². The molecular formula is C17H21N5. The highest BCUT2D eigenvalue weighted by Gasteiger charge is 2.05. The number of rotatable bonds is 5. The third-order valence-electron chi connectivity index (χ3n) is 3.84. The number of nitrogens with zero attached hydrogens (tertiary/aromatic N) is 2. The van der Waals surface area contributed by atoms with Crippen LogP contribution in [0.1, 0.15) is 23.7 Å². The number of hydrogen-bond donors (Lipinski definition) is 3. The fraction of sp³-hybridized carbons (Fsp3) is 0.294. The van der Waals surface area contributed by atoms with Crippen LogP contribution in [0, 0.1) is 13.8 Å². The quantitative estimate of drug-likeness (QED) is 0.672. The first kappa shape index (κ1) is 14.4. The molecule has 0 aliphatic heterocycles. The Labute approximate surface area is 130 Å². The first-order valence-corrected chi connectivity index (χ1v) is 7.56. The minimum absolute atomic E-state index is 0.639. The number of benzene rings is 1. The molecule has 3 N–H and O–H groups in total. The van der Waals surface area contributed by atoms with Gasteiger partial charge in [0.15, 0.2) is 0 Å². The molecule has 3 rings (SSSR count). The second-order valence-corrected chi connectivity index (χ2v) is 5.40. The van der Waals surface area contributed by atoms with Gasteiger partial charge >= 0.3 is 0 Å². The molecule has 114 valence electrons. The fourth-order valence-electron chi connectivity index (χ4n) is 2.52. The molecule has 0 saturated carbocycles. The molecule has 3 aromatic rings. The molecular weight excluding hydrogens is 274 g/mol. The Morgan fingerprint density at radius 1 is 1.14 bits per heavy atom. The van der Waals surface area contributed by atoms with E-state index in [9.17, 15) is 0 Å². The van der Waals surface area contributed by atoms with Gasteiger partial charge in [-0.25, -0.2) is 4.98 Å². The number of fused-ring (bicyclic) bond motifs is 1. The predicted molar refractivity (Wildman–Crippen MR) is 91.3 cm³/mol. The van der Waals surface area contributed by atoms with E-state index in [1.54, 1.807) is 6.20 Å². The molecule has 5 heteroatoms. The van der Waals surface area contributed by atoms with Gasteiger partial charge < -0.3 is 15.6 Å². The average molecular weight is 295 g/mol. The zero-order valence-corrected chi connectivity index (χ0v) is 13.2. The van der Waals surface area contributed by atoms with Crippen molar-refractivity contribution in [2.24, 2.45) is 0 Å². The first-order valence-electron chi connectivity index (χ1n) is 7.56. The monoisotopic (exact) mass is 295 g/mol. The number of hydrogen-bond acceptors (Lipinski definition) is 4. The van der Waals surface area contributed by atoms with Gasteiger partial charge in [0, 0.05) is 35.9 Å². The minimum Gasteiger partial charge on any atom is -0.370 e. The van der Waals surface area contributed by atoms with Crippen molar-refractivity contribution in [1.82, 2.24) is 15.0 Å². The Balaban J connectivity index is 1.76. The molecule has 1 aromatic carbocycles. The highest BCUT2D eigenvalue weighted by atomic mass is 15.1. The summed E-state index contributed by atoms with van der Waals surface area (Å²) >= 11 is 0. The summed E-state index contributed by atoms with van der Waals surface area (Å²) in [5.74, 6) is 1.48. The molecule has 0 aliphatic carbocycles. The second kappa shape index (κ2) is 6.05. The molecule has 2 aromatic heterocycles. The van der Waals surface area contributed by atoms with Gasteiger partial charge in [-0.1, -0.05) is 6.07 Å².